The van der Waals surface area contributed by atoms with E-state index < -0.39 is 0 Å². The minimum absolute atomic E-state index is 0.0283. The Balaban J connectivity index is 1.21. The molecule has 7 nitrogen and oxygen atoms in total. The molecule has 7 heteroatoms. The number of benzene rings is 3. The first kappa shape index (κ1) is 26.7. The normalized spacial score (nSPS) is 17.4. The van der Waals surface area contributed by atoms with E-state index in [4.69, 9.17) is 18.9 Å². The van der Waals surface area contributed by atoms with Gasteiger partial charge in [0.05, 0.1) is 33.5 Å². The highest BCUT2D eigenvalue weighted by Gasteiger charge is 2.28. The van der Waals surface area contributed by atoms with Crippen molar-refractivity contribution in [2.45, 2.75) is 31.5 Å². The third kappa shape index (κ3) is 6.56. The summed E-state index contributed by atoms with van der Waals surface area (Å²) in [5.74, 6) is 1.81. The summed E-state index contributed by atoms with van der Waals surface area (Å²) in [5.41, 5.74) is 3.19. The molecule has 0 bridgehead atoms. The smallest absolute Gasteiger partial charge is 0.316 e. The Labute approximate surface area is 229 Å². The van der Waals surface area contributed by atoms with Crippen molar-refractivity contribution in [3.05, 3.63) is 95.8 Å². The third-order valence-electron chi connectivity index (χ3n) is 7.04. The van der Waals surface area contributed by atoms with Gasteiger partial charge in [-0.15, -0.1) is 0 Å². The molecule has 0 aliphatic carbocycles. The van der Waals surface area contributed by atoms with E-state index in [2.05, 4.69) is 39.6 Å². The minimum Gasteiger partial charge on any atom is -0.496 e. The number of hydrogen-bond donors (Lipinski definition) is 1. The summed E-state index contributed by atoms with van der Waals surface area (Å²) in [4.78, 5) is 8.95. The summed E-state index contributed by atoms with van der Waals surface area (Å²) < 4.78 is 23.7. The van der Waals surface area contributed by atoms with E-state index in [9.17, 15) is 0 Å². The topological polar surface area (TPSA) is 74.7 Å². The molecule has 2 atom stereocenters. The highest BCUT2D eigenvalue weighted by Crippen LogP contribution is 2.38. The molecular weight excluding hydrogens is 490 g/mol. The van der Waals surface area contributed by atoms with Gasteiger partial charge in [0.15, 0.2) is 0 Å². The number of fused-ring (bicyclic) bond motifs is 1. The van der Waals surface area contributed by atoms with Gasteiger partial charge in [-0.25, -0.2) is 9.97 Å². The molecule has 202 valence electrons. The largest absolute Gasteiger partial charge is 0.496 e. The van der Waals surface area contributed by atoms with Crippen molar-refractivity contribution >= 4 is 16.8 Å². The van der Waals surface area contributed by atoms with E-state index in [-0.39, 0.29) is 12.0 Å². The third-order valence-corrected chi connectivity index (χ3v) is 7.04. The predicted octanol–water partition coefficient (Wildman–Crippen LogP) is 5.79. The average molecular weight is 526 g/mol. The van der Waals surface area contributed by atoms with E-state index in [1.54, 1.807) is 14.2 Å². The van der Waals surface area contributed by atoms with Crippen LogP contribution in [0.25, 0.3) is 16.8 Å². The molecule has 1 aliphatic rings. The molecule has 1 N–H and O–H groups in total. The molecule has 0 amide bonds. The first-order valence-electron chi connectivity index (χ1n) is 13.4. The van der Waals surface area contributed by atoms with Gasteiger partial charge in [0.2, 0.25) is 0 Å². The van der Waals surface area contributed by atoms with Crippen LogP contribution in [0, 0.1) is 0 Å². The van der Waals surface area contributed by atoms with Crippen molar-refractivity contribution in [1.82, 2.24) is 15.3 Å². The molecule has 39 heavy (non-hydrogen) atoms. The summed E-state index contributed by atoms with van der Waals surface area (Å²) in [7, 11) is 3.39. The van der Waals surface area contributed by atoms with Gasteiger partial charge in [0.25, 0.3) is 0 Å². The summed E-state index contributed by atoms with van der Waals surface area (Å²) in [6.45, 7) is 2.61. The Hall–Kier alpha value is -3.94. The van der Waals surface area contributed by atoms with Crippen LogP contribution in [0.4, 0.5) is 0 Å². The maximum absolute atomic E-state index is 6.49. The number of methoxy groups -OCH3 is 2. The number of piperidine rings is 1. The van der Waals surface area contributed by atoms with Gasteiger partial charge in [-0.1, -0.05) is 66.7 Å². The lowest BCUT2D eigenvalue weighted by Crippen LogP contribution is -2.41. The van der Waals surface area contributed by atoms with Gasteiger partial charge in [-0.05, 0) is 36.6 Å². The lowest BCUT2D eigenvalue weighted by Gasteiger charge is -2.32. The van der Waals surface area contributed by atoms with Crippen LogP contribution in [-0.2, 0) is 11.3 Å². The van der Waals surface area contributed by atoms with Gasteiger partial charge >= 0.3 is 6.01 Å². The van der Waals surface area contributed by atoms with Crippen LogP contribution < -0.4 is 19.5 Å². The van der Waals surface area contributed by atoms with E-state index in [0.29, 0.717) is 19.2 Å². The van der Waals surface area contributed by atoms with Crippen LogP contribution in [-0.4, -0.2) is 50.0 Å². The molecule has 3 aromatic carbocycles. The minimum atomic E-state index is -0.0283. The second-order valence-electron chi connectivity index (χ2n) is 9.51. The highest BCUT2D eigenvalue weighted by molar-refractivity contribution is 5.94. The second kappa shape index (κ2) is 13.2. The van der Waals surface area contributed by atoms with Crippen molar-refractivity contribution in [3.8, 4) is 17.5 Å². The quantitative estimate of drug-likeness (QED) is 0.248. The summed E-state index contributed by atoms with van der Waals surface area (Å²) in [5, 5.41) is 5.49. The number of aromatic nitrogens is 2. The van der Waals surface area contributed by atoms with Crippen LogP contribution >= 0.6 is 0 Å². The Bertz CT molecular complexity index is 1380. The standard InChI is InChI=1S/C32H35N3O4/c1-36-29-18-24(31(37-2)28-14-7-6-13-27(28)29)22-39-30-21-33-16-15-26(30)25-19-34-32(35-20-25)38-17-9-8-12-23-10-4-3-5-11-23/h3-8,10-14,18-20,26,30,33H,9,15-17,21-22H2,1-2H3/b12-8+. The molecule has 2 unspecified atom stereocenters. The number of nitrogens with one attached hydrogen (secondary N) is 1. The molecule has 5 rings (SSSR count). The van der Waals surface area contributed by atoms with Crippen molar-refractivity contribution in [2.75, 3.05) is 33.9 Å². The summed E-state index contributed by atoms with van der Waals surface area (Å²) >= 11 is 0. The van der Waals surface area contributed by atoms with Crippen LogP contribution in [0.2, 0.25) is 0 Å². The Kier molecular flexibility index (Phi) is 9.04. The van der Waals surface area contributed by atoms with Gasteiger partial charge < -0.3 is 24.3 Å². The predicted molar refractivity (Wildman–Crippen MR) is 153 cm³/mol. The van der Waals surface area contributed by atoms with Crippen molar-refractivity contribution in [1.29, 1.82) is 0 Å². The zero-order valence-corrected chi connectivity index (χ0v) is 22.5. The zero-order valence-electron chi connectivity index (χ0n) is 22.5. The number of hydrogen-bond acceptors (Lipinski definition) is 7. The van der Waals surface area contributed by atoms with E-state index in [1.165, 1.54) is 5.56 Å². The van der Waals surface area contributed by atoms with Crippen molar-refractivity contribution in [2.24, 2.45) is 0 Å². The van der Waals surface area contributed by atoms with Gasteiger partial charge in [0, 0.05) is 41.2 Å². The first-order valence-corrected chi connectivity index (χ1v) is 13.4. The molecular formula is C32H35N3O4. The Morgan fingerprint density at radius 3 is 2.49 bits per heavy atom. The summed E-state index contributed by atoms with van der Waals surface area (Å²) in [6, 6.07) is 20.7. The number of ether oxygens (including phenoxy) is 4. The lowest BCUT2D eigenvalue weighted by molar-refractivity contribution is 0.00965. The van der Waals surface area contributed by atoms with Crippen LogP contribution in [0.15, 0.2) is 79.1 Å². The van der Waals surface area contributed by atoms with Gasteiger partial charge in [0.1, 0.15) is 11.5 Å². The number of rotatable bonds is 11. The molecule has 1 fully saturated rings. The van der Waals surface area contributed by atoms with Gasteiger partial charge in [-0.3, -0.25) is 0 Å². The SMILES string of the molecule is COc1cc(COC2CNCCC2c2cnc(OCC/C=C/c3ccccc3)nc2)c(OC)c2ccccc12. The van der Waals surface area contributed by atoms with Gasteiger partial charge in [-0.2, -0.15) is 0 Å². The monoisotopic (exact) mass is 525 g/mol. The molecule has 1 saturated heterocycles. The first-order chi connectivity index (χ1) is 19.3. The fraction of sp³-hybridized carbons (Fsp3) is 0.312. The second-order valence-corrected chi connectivity index (χ2v) is 9.51. The molecule has 0 saturated carbocycles. The molecule has 0 spiro atoms. The van der Waals surface area contributed by atoms with E-state index >= 15 is 0 Å². The maximum Gasteiger partial charge on any atom is 0.316 e. The highest BCUT2D eigenvalue weighted by atomic mass is 16.5. The molecule has 1 aliphatic heterocycles. The van der Waals surface area contributed by atoms with Crippen molar-refractivity contribution < 1.29 is 18.9 Å². The Morgan fingerprint density at radius 2 is 1.72 bits per heavy atom. The lowest BCUT2D eigenvalue weighted by atomic mass is 9.89. The van der Waals surface area contributed by atoms with Crippen LogP contribution in [0.5, 0.6) is 17.5 Å². The number of nitrogens with zero attached hydrogens (tertiary/aromatic N) is 2. The molecule has 1 aromatic heterocycles. The molecule has 0 radical (unpaired) electrons. The summed E-state index contributed by atoms with van der Waals surface area (Å²) in [6.07, 6.45) is 9.63. The van der Waals surface area contributed by atoms with Crippen LogP contribution in [0.3, 0.4) is 0 Å². The van der Waals surface area contributed by atoms with Crippen molar-refractivity contribution in [3.63, 3.8) is 0 Å². The maximum atomic E-state index is 6.49. The molecule has 2 heterocycles. The fourth-order valence-electron chi connectivity index (χ4n) is 5.06. The molecule has 4 aromatic rings. The van der Waals surface area contributed by atoms with E-state index in [1.807, 2.05) is 60.9 Å². The zero-order chi connectivity index (χ0) is 26.9. The Morgan fingerprint density at radius 1 is 0.949 bits per heavy atom. The van der Waals surface area contributed by atoms with Crippen LogP contribution in [0.1, 0.15) is 35.4 Å². The van der Waals surface area contributed by atoms with E-state index in [0.717, 1.165) is 59.3 Å². The average Bonchev–Trinajstić information content (AvgIpc) is 3.00. The fourth-order valence-corrected chi connectivity index (χ4v) is 5.06.